The molecule has 16 heavy (non-hydrogen) atoms. The van der Waals surface area contributed by atoms with Crippen molar-refractivity contribution >= 4 is 17.0 Å². The fourth-order valence-electron chi connectivity index (χ4n) is 1.41. The molecule has 0 radical (unpaired) electrons. The van der Waals surface area contributed by atoms with Gasteiger partial charge in [0, 0.05) is 11.6 Å². The summed E-state index contributed by atoms with van der Waals surface area (Å²) in [6.45, 7) is 5.68. The van der Waals surface area contributed by atoms with E-state index in [0.717, 1.165) is 11.1 Å². The minimum Gasteiger partial charge on any atom is -0.480 e. The SMILES string of the molecule is CC.Cc1nn(CC(=O)O)c2ncccc12. The van der Waals surface area contributed by atoms with E-state index in [1.54, 1.807) is 6.20 Å². The van der Waals surface area contributed by atoms with Crippen molar-refractivity contribution < 1.29 is 9.90 Å². The Morgan fingerprint density at radius 2 is 2.19 bits per heavy atom. The molecule has 0 aliphatic rings. The highest BCUT2D eigenvalue weighted by molar-refractivity contribution is 5.79. The smallest absolute Gasteiger partial charge is 0.325 e. The second-order valence-corrected chi connectivity index (χ2v) is 3.01. The first-order chi connectivity index (χ1) is 7.68. The summed E-state index contributed by atoms with van der Waals surface area (Å²) < 4.78 is 1.40. The number of nitrogens with zero attached hydrogens (tertiary/aromatic N) is 3. The summed E-state index contributed by atoms with van der Waals surface area (Å²) >= 11 is 0. The van der Waals surface area contributed by atoms with Crippen LogP contribution < -0.4 is 0 Å². The summed E-state index contributed by atoms with van der Waals surface area (Å²) in [7, 11) is 0. The number of aromatic nitrogens is 3. The molecule has 0 bridgehead atoms. The van der Waals surface area contributed by atoms with E-state index in [1.807, 2.05) is 32.9 Å². The van der Waals surface area contributed by atoms with Crippen LogP contribution in [0.25, 0.3) is 11.0 Å². The number of aliphatic carboxylic acids is 1. The van der Waals surface area contributed by atoms with Gasteiger partial charge in [-0.05, 0) is 19.1 Å². The number of fused-ring (bicyclic) bond motifs is 1. The monoisotopic (exact) mass is 221 g/mol. The predicted molar refractivity (Wildman–Crippen MR) is 61.2 cm³/mol. The Hall–Kier alpha value is -1.91. The summed E-state index contributed by atoms with van der Waals surface area (Å²) in [5, 5.41) is 13.6. The third-order valence-electron chi connectivity index (χ3n) is 1.98. The van der Waals surface area contributed by atoms with E-state index in [-0.39, 0.29) is 6.54 Å². The lowest BCUT2D eigenvalue weighted by Crippen LogP contribution is -2.10. The Morgan fingerprint density at radius 1 is 1.50 bits per heavy atom. The van der Waals surface area contributed by atoms with Crippen LogP contribution in [-0.2, 0) is 11.3 Å². The molecule has 0 fully saturated rings. The van der Waals surface area contributed by atoms with Gasteiger partial charge in [-0.1, -0.05) is 13.8 Å². The van der Waals surface area contributed by atoms with Gasteiger partial charge < -0.3 is 5.11 Å². The quantitative estimate of drug-likeness (QED) is 0.840. The second-order valence-electron chi connectivity index (χ2n) is 3.01. The van der Waals surface area contributed by atoms with E-state index in [0.29, 0.717) is 5.65 Å². The molecule has 5 nitrogen and oxygen atoms in total. The number of carboxylic acids is 1. The lowest BCUT2D eigenvalue weighted by molar-refractivity contribution is -0.137. The Balaban J connectivity index is 0.000000606. The van der Waals surface area contributed by atoms with Gasteiger partial charge in [-0.15, -0.1) is 0 Å². The number of aryl methyl sites for hydroxylation is 1. The lowest BCUT2D eigenvalue weighted by Gasteiger charge is -1.96. The average Bonchev–Trinajstić information content (AvgIpc) is 2.59. The number of pyridine rings is 1. The van der Waals surface area contributed by atoms with Crippen molar-refractivity contribution in [3.05, 3.63) is 24.0 Å². The van der Waals surface area contributed by atoms with Crippen LogP contribution in [0.4, 0.5) is 0 Å². The number of carboxylic acid groups (broad SMARTS) is 1. The van der Waals surface area contributed by atoms with Crippen LogP contribution in [0, 0.1) is 6.92 Å². The van der Waals surface area contributed by atoms with E-state index in [2.05, 4.69) is 10.1 Å². The zero-order valence-electron chi connectivity index (χ0n) is 9.64. The Bertz CT molecular complexity index is 491. The highest BCUT2D eigenvalue weighted by Gasteiger charge is 2.09. The van der Waals surface area contributed by atoms with Gasteiger partial charge in [-0.2, -0.15) is 5.10 Å². The Morgan fingerprint density at radius 3 is 2.81 bits per heavy atom. The molecule has 0 aromatic carbocycles. The molecule has 0 saturated heterocycles. The molecule has 0 aliphatic heterocycles. The van der Waals surface area contributed by atoms with Crippen LogP contribution in [0.2, 0.25) is 0 Å². The molecule has 86 valence electrons. The van der Waals surface area contributed by atoms with E-state index in [4.69, 9.17) is 5.11 Å². The number of rotatable bonds is 2. The molecule has 0 aliphatic carbocycles. The largest absolute Gasteiger partial charge is 0.480 e. The summed E-state index contributed by atoms with van der Waals surface area (Å²) in [6.07, 6.45) is 1.63. The highest BCUT2D eigenvalue weighted by atomic mass is 16.4. The van der Waals surface area contributed by atoms with Crippen molar-refractivity contribution in [2.45, 2.75) is 27.3 Å². The molecule has 0 amide bonds. The fraction of sp³-hybridized carbons (Fsp3) is 0.364. The van der Waals surface area contributed by atoms with Crippen molar-refractivity contribution in [2.75, 3.05) is 0 Å². The summed E-state index contributed by atoms with van der Waals surface area (Å²) in [6, 6.07) is 3.69. The molecule has 2 heterocycles. The first-order valence-electron chi connectivity index (χ1n) is 5.18. The average molecular weight is 221 g/mol. The normalized spacial score (nSPS) is 9.69. The maximum absolute atomic E-state index is 10.5. The first-order valence-corrected chi connectivity index (χ1v) is 5.18. The van der Waals surface area contributed by atoms with Crippen LogP contribution in [0.1, 0.15) is 19.5 Å². The molecular weight excluding hydrogens is 206 g/mol. The molecular formula is C11H15N3O2. The lowest BCUT2D eigenvalue weighted by atomic mass is 10.3. The molecule has 0 spiro atoms. The molecule has 2 rings (SSSR count). The highest BCUT2D eigenvalue weighted by Crippen LogP contribution is 2.14. The maximum atomic E-state index is 10.5. The standard InChI is InChI=1S/C9H9N3O2.C2H6/c1-6-7-3-2-4-10-9(7)12(11-6)5-8(13)14;1-2/h2-4H,5H2,1H3,(H,13,14);1-2H3. The fourth-order valence-corrected chi connectivity index (χ4v) is 1.41. The second kappa shape index (κ2) is 5.25. The maximum Gasteiger partial charge on any atom is 0.325 e. The molecule has 2 aromatic rings. The van der Waals surface area contributed by atoms with Crippen LogP contribution in [0.5, 0.6) is 0 Å². The molecule has 0 atom stereocenters. The summed E-state index contributed by atoms with van der Waals surface area (Å²) in [4.78, 5) is 14.6. The van der Waals surface area contributed by atoms with Gasteiger partial charge in [0.05, 0.1) is 5.69 Å². The zero-order valence-corrected chi connectivity index (χ0v) is 9.64. The van der Waals surface area contributed by atoms with Crippen LogP contribution in [0.15, 0.2) is 18.3 Å². The van der Waals surface area contributed by atoms with Crippen molar-refractivity contribution in [1.82, 2.24) is 14.8 Å². The predicted octanol–water partition coefficient (Wildman–Crippen LogP) is 1.85. The minimum atomic E-state index is -0.917. The van der Waals surface area contributed by atoms with E-state index in [9.17, 15) is 4.79 Å². The molecule has 2 aromatic heterocycles. The van der Waals surface area contributed by atoms with Gasteiger partial charge in [0.25, 0.3) is 0 Å². The molecule has 5 heteroatoms. The van der Waals surface area contributed by atoms with Gasteiger partial charge in [0.1, 0.15) is 6.54 Å². The summed E-state index contributed by atoms with van der Waals surface area (Å²) in [5.74, 6) is -0.917. The van der Waals surface area contributed by atoms with E-state index in [1.165, 1.54) is 4.68 Å². The first kappa shape index (κ1) is 12.2. The topological polar surface area (TPSA) is 68.0 Å². The van der Waals surface area contributed by atoms with Crippen LogP contribution >= 0.6 is 0 Å². The number of hydrogen-bond donors (Lipinski definition) is 1. The minimum absolute atomic E-state index is 0.151. The molecule has 0 unspecified atom stereocenters. The van der Waals surface area contributed by atoms with E-state index >= 15 is 0 Å². The third kappa shape index (κ3) is 2.36. The van der Waals surface area contributed by atoms with Gasteiger partial charge in [0.15, 0.2) is 5.65 Å². The third-order valence-corrected chi connectivity index (χ3v) is 1.98. The number of hydrogen-bond acceptors (Lipinski definition) is 3. The van der Waals surface area contributed by atoms with Gasteiger partial charge in [-0.25, -0.2) is 9.67 Å². The van der Waals surface area contributed by atoms with Gasteiger partial charge in [0.2, 0.25) is 0 Å². The Kier molecular flexibility index (Phi) is 3.99. The molecule has 0 saturated carbocycles. The van der Waals surface area contributed by atoms with Gasteiger partial charge in [-0.3, -0.25) is 4.79 Å². The van der Waals surface area contributed by atoms with Crippen LogP contribution in [-0.4, -0.2) is 25.8 Å². The van der Waals surface area contributed by atoms with Crippen molar-refractivity contribution in [3.63, 3.8) is 0 Å². The summed E-state index contributed by atoms with van der Waals surface area (Å²) in [5.41, 5.74) is 1.42. The molecule has 1 N–H and O–H groups in total. The van der Waals surface area contributed by atoms with Crippen molar-refractivity contribution in [1.29, 1.82) is 0 Å². The number of carbonyl (C=O) groups is 1. The van der Waals surface area contributed by atoms with Gasteiger partial charge >= 0.3 is 5.97 Å². The van der Waals surface area contributed by atoms with Crippen molar-refractivity contribution in [3.8, 4) is 0 Å². The Labute approximate surface area is 93.7 Å². The van der Waals surface area contributed by atoms with Crippen molar-refractivity contribution in [2.24, 2.45) is 0 Å². The van der Waals surface area contributed by atoms with Crippen LogP contribution in [0.3, 0.4) is 0 Å². The zero-order chi connectivity index (χ0) is 12.1. The van der Waals surface area contributed by atoms with E-state index < -0.39 is 5.97 Å².